The number of carbonyl (C=O) groups excluding carboxylic acids is 1. The molecule has 0 saturated carbocycles. The molecule has 0 atom stereocenters. The van der Waals surface area contributed by atoms with Crippen molar-refractivity contribution in [2.45, 2.75) is 6.92 Å². The molecule has 1 aromatic heterocycles. The van der Waals surface area contributed by atoms with Crippen LogP contribution in [0.2, 0.25) is 5.02 Å². The van der Waals surface area contributed by atoms with Crippen molar-refractivity contribution in [1.82, 2.24) is 14.9 Å². The summed E-state index contributed by atoms with van der Waals surface area (Å²) in [5, 5.41) is 0.685. The molecule has 2 aromatic rings. The number of amides is 1. The highest BCUT2D eigenvalue weighted by molar-refractivity contribution is 6.30. The molecule has 0 radical (unpaired) electrons. The maximum atomic E-state index is 12.5. The van der Waals surface area contributed by atoms with Crippen molar-refractivity contribution in [2.75, 3.05) is 62.3 Å². The van der Waals surface area contributed by atoms with Gasteiger partial charge in [-0.05, 0) is 30.7 Å². The maximum Gasteiger partial charge on any atom is 0.246 e. The number of ether oxygens (including phenoxy) is 1. The minimum Gasteiger partial charge on any atom is -0.378 e. The summed E-state index contributed by atoms with van der Waals surface area (Å²) in [4.78, 5) is 28.2. The zero-order valence-corrected chi connectivity index (χ0v) is 17.9. The Hall–Kier alpha value is -2.64. The molecule has 30 heavy (non-hydrogen) atoms. The fourth-order valence-corrected chi connectivity index (χ4v) is 3.73. The van der Waals surface area contributed by atoms with Gasteiger partial charge in [0.2, 0.25) is 11.9 Å². The van der Waals surface area contributed by atoms with E-state index < -0.39 is 0 Å². The summed E-state index contributed by atoms with van der Waals surface area (Å²) < 4.78 is 5.44. The number of nitrogens with zero attached hydrogens (tertiary/aromatic N) is 5. The van der Waals surface area contributed by atoms with Crippen LogP contribution in [-0.4, -0.2) is 73.3 Å². The van der Waals surface area contributed by atoms with E-state index in [1.165, 1.54) is 0 Å². The Morgan fingerprint density at radius 3 is 2.40 bits per heavy atom. The summed E-state index contributed by atoms with van der Waals surface area (Å²) in [5.41, 5.74) is 1.90. The lowest BCUT2D eigenvalue weighted by Gasteiger charge is -2.35. The number of piperazine rings is 1. The van der Waals surface area contributed by atoms with Crippen LogP contribution in [0.25, 0.3) is 6.08 Å². The van der Waals surface area contributed by atoms with Crippen LogP contribution in [-0.2, 0) is 9.53 Å². The van der Waals surface area contributed by atoms with Gasteiger partial charge in [-0.1, -0.05) is 23.7 Å². The molecule has 158 valence electrons. The van der Waals surface area contributed by atoms with Gasteiger partial charge < -0.3 is 19.4 Å². The summed E-state index contributed by atoms with van der Waals surface area (Å²) in [6, 6.07) is 9.45. The molecule has 0 N–H and O–H groups in total. The zero-order valence-electron chi connectivity index (χ0n) is 17.1. The average molecular weight is 428 g/mol. The van der Waals surface area contributed by atoms with Gasteiger partial charge >= 0.3 is 0 Å². The zero-order chi connectivity index (χ0) is 20.9. The van der Waals surface area contributed by atoms with Crippen molar-refractivity contribution in [2.24, 2.45) is 0 Å². The molecular weight excluding hydrogens is 402 g/mol. The van der Waals surface area contributed by atoms with Crippen LogP contribution < -0.4 is 9.80 Å². The van der Waals surface area contributed by atoms with Gasteiger partial charge in [-0.3, -0.25) is 4.79 Å². The predicted molar refractivity (Wildman–Crippen MR) is 119 cm³/mol. The third kappa shape index (κ3) is 5.09. The number of aromatic nitrogens is 2. The summed E-state index contributed by atoms with van der Waals surface area (Å²) in [7, 11) is 0. The van der Waals surface area contributed by atoms with Crippen molar-refractivity contribution in [3.05, 3.63) is 52.7 Å². The van der Waals surface area contributed by atoms with Crippen LogP contribution in [0.3, 0.4) is 0 Å². The quantitative estimate of drug-likeness (QED) is 0.699. The number of benzene rings is 1. The Kier molecular flexibility index (Phi) is 6.50. The van der Waals surface area contributed by atoms with E-state index in [1.807, 2.05) is 48.2 Å². The van der Waals surface area contributed by atoms with Crippen molar-refractivity contribution in [3.63, 3.8) is 0 Å². The summed E-state index contributed by atoms with van der Waals surface area (Å²) in [5.74, 6) is 1.70. The second-order valence-corrected chi connectivity index (χ2v) is 7.90. The first-order chi connectivity index (χ1) is 14.6. The third-order valence-electron chi connectivity index (χ3n) is 5.33. The van der Waals surface area contributed by atoms with Gasteiger partial charge in [0.25, 0.3) is 0 Å². The molecular formula is C22H26ClN5O2. The van der Waals surface area contributed by atoms with Gasteiger partial charge in [0.1, 0.15) is 5.82 Å². The monoisotopic (exact) mass is 427 g/mol. The van der Waals surface area contributed by atoms with Crippen molar-refractivity contribution >= 4 is 35.4 Å². The van der Waals surface area contributed by atoms with Gasteiger partial charge in [-0.2, -0.15) is 4.98 Å². The van der Waals surface area contributed by atoms with E-state index in [-0.39, 0.29) is 5.91 Å². The van der Waals surface area contributed by atoms with E-state index in [4.69, 9.17) is 21.3 Å². The van der Waals surface area contributed by atoms with Crippen LogP contribution in [0.5, 0.6) is 0 Å². The molecule has 1 amide bonds. The standard InChI is InChI=1S/C22H26ClN5O2/c1-17-16-20(26-12-14-30-15-13-26)25-22(24-17)28-10-8-27(9-11-28)21(29)7-4-18-2-5-19(23)6-3-18/h2-7,16H,8-15H2,1H3/b7-4+. The third-order valence-corrected chi connectivity index (χ3v) is 5.58. The largest absolute Gasteiger partial charge is 0.378 e. The van der Waals surface area contributed by atoms with Crippen molar-refractivity contribution in [1.29, 1.82) is 0 Å². The van der Waals surface area contributed by atoms with E-state index in [9.17, 15) is 4.79 Å². The fraction of sp³-hybridized carbons (Fsp3) is 0.409. The summed E-state index contributed by atoms with van der Waals surface area (Å²) >= 11 is 5.90. The van der Waals surface area contributed by atoms with E-state index in [2.05, 4.69) is 14.8 Å². The van der Waals surface area contributed by atoms with Crippen LogP contribution in [0.1, 0.15) is 11.3 Å². The Morgan fingerprint density at radius 2 is 1.70 bits per heavy atom. The fourth-order valence-electron chi connectivity index (χ4n) is 3.61. The van der Waals surface area contributed by atoms with Crippen molar-refractivity contribution < 1.29 is 9.53 Å². The number of anilines is 2. The lowest BCUT2D eigenvalue weighted by Crippen LogP contribution is -2.49. The van der Waals surface area contributed by atoms with Gasteiger partial charge in [0.15, 0.2) is 0 Å². The molecule has 0 bridgehead atoms. The highest BCUT2D eigenvalue weighted by Crippen LogP contribution is 2.20. The minimum absolute atomic E-state index is 0.0174. The van der Waals surface area contributed by atoms with Gasteiger partial charge in [0, 0.05) is 62.1 Å². The number of halogens is 1. The lowest BCUT2D eigenvalue weighted by molar-refractivity contribution is -0.126. The SMILES string of the molecule is Cc1cc(N2CCOCC2)nc(N2CCN(C(=O)/C=C/c3ccc(Cl)cc3)CC2)n1. The van der Waals surface area contributed by atoms with Crippen LogP contribution >= 0.6 is 11.6 Å². The Morgan fingerprint density at radius 1 is 1.00 bits per heavy atom. The number of aryl methyl sites for hydroxylation is 1. The Bertz CT molecular complexity index is 904. The molecule has 0 unspecified atom stereocenters. The summed E-state index contributed by atoms with van der Waals surface area (Å²) in [6.07, 6.45) is 3.45. The molecule has 2 saturated heterocycles. The minimum atomic E-state index is 0.0174. The lowest BCUT2D eigenvalue weighted by atomic mass is 10.2. The first-order valence-electron chi connectivity index (χ1n) is 10.2. The van der Waals surface area contributed by atoms with E-state index in [0.717, 1.165) is 49.3 Å². The second-order valence-electron chi connectivity index (χ2n) is 7.46. The first kappa shape index (κ1) is 20.6. The first-order valence-corrected chi connectivity index (χ1v) is 10.6. The predicted octanol–water partition coefficient (Wildman–Crippen LogP) is 2.64. The molecule has 4 rings (SSSR count). The Balaban J connectivity index is 1.36. The molecule has 1 aromatic carbocycles. The molecule has 2 aliphatic rings. The van der Waals surface area contributed by atoms with E-state index in [1.54, 1.807) is 6.08 Å². The average Bonchev–Trinajstić information content (AvgIpc) is 2.79. The number of hydrogen-bond donors (Lipinski definition) is 0. The van der Waals surface area contributed by atoms with Gasteiger partial charge in [0.05, 0.1) is 13.2 Å². The van der Waals surface area contributed by atoms with Gasteiger partial charge in [-0.15, -0.1) is 0 Å². The molecule has 0 aliphatic carbocycles. The molecule has 7 nitrogen and oxygen atoms in total. The molecule has 3 heterocycles. The van der Waals surface area contributed by atoms with E-state index >= 15 is 0 Å². The highest BCUT2D eigenvalue weighted by Gasteiger charge is 2.23. The number of hydrogen-bond acceptors (Lipinski definition) is 6. The maximum absolute atomic E-state index is 12.5. The molecule has 8 heteroatoms. The van der Waals surface area contributed by atoms with E-state index in [0.29, 0.717) is 31.2 Å². The number of carbonyl (C=O) groups is 1. The normalized spacial score (nSPS) is 17.6. The molecule has 2 fully saturated rings. The molecule has 0 spiro atoms. The van der Waals surface area contributed by atoms with Crippen LogP contribution in [0.4, 0.5) is 11.8 Å². The number of morpholine rings is 1. The van der Waals surface area contributed by atoms with Crippen LogP contribution in [0.15, 0.2) is 36.4 Å². The number of rotatable bonds is 4. The molecule has 2 aliphatic heterocycles. The highest BCUT2D eigenvalue weighted by atomic mass is 35.5. The Labute approximate surface area is 181 Å². The topological polar surface area (TPSA) is 61.8 Å². The van der Waals surface area contributed by atoms with Crippen molar-refractivity contribution in [3.8, 4) is 0 Å². The smallest absolute Gasteiger partial charge is 0.246 e. The second kappa shape index (κ2) is 9.45. The van der Waals surface area contributed by atoms with Crippen LogP contribution in [0, 0.1) is 6.92 Å². The summed E-state index contributed by atoms with van der Waals surface area (Å²) in [6.45, 7) is 7.86. The van der Waals surface area contributed by atoms with Gasteiger partial charge in [-0.25, -0.2) is 4.98 Å².